The van der Waals surface area contributed by atoms with Crippen molar-refractivity contribution in [3.8, 4) is 0 Å². The third-order valence-electron chi connectivity index (χ3n) is 5.41. The van der Waals surface area contributed by atoms with Crippen LogP contribution in [0.2, 0.25) is 0 Å². The van der Waals surface area contributed by atoms with Gasteiger partial charge < -0.3 is 9.84 Å². The molecule has 0 radical (unpaired) electrons. The van der Waals surface area contributed by atoms with Crippen LogP contribution in [0, 0.1) is 0 Å². The molecule has 24 heavy (non-hydrogen) atoms. The van der Waals surface area contributed by atoms with Crippen molar-refractivity contribution in [2.24, 2.45) is 0 Å². The molecule has 3 atom stereocenters. The molecule has 5 heteroatoms. The van der Waals surface area contributed by atoms with Crippen LogP contribution in [0.3, 0.4) is 0 Å². The molecule has 1 saturated heterocycles. The first-order valence-electron chi connectivity index (χ1n) is 8.98. The summed E-state index contributed by atoms with van der Waals surface area (Å²) in [6.07, 6.45) is 1.11. The maximum absolute atomic E-state index is 5.59. The van der Waals surface area contributed by atoms with Gasteiger partial charge in [-0.15, -0.1) is 0 Å². The Morgan fingerprint density at radius 1 is 1.21 bits per heavy atom. The Kier molecular flexibility index (Phi) is 4.14. The van der Waals surface area contributed by atoms with E-state index in [0.717, 1.165) is 37.8 Å². The van der Waals surface area contributed by atoms with Gasteiger partial charge in [0, 0.05) is 25.6 Å². The van der Waals surface area contributed by atoms with Crippen LogP contribution < -0.4 is 5.32 Å². The molecule has 128 valence electrons. The second kappa shape index (κ2) is 6.30. The third-order valence-corrected chi connectivity index (χ3v) is 5.41. The molecule has 1 aromatic heterocycles. The quantitative estimate of drug-likeness (QED) is 0.936. The van der Waals surface area contributed by atoms with E-state index in [1.54, 1.807) is 0 Å². The Hall–Kier alpha value is -1.72. The number of hydrogen-bond donors (Lipinski definition) is 1. The Balaban J connectivity index is 1.45. The van der Waals surface area contributed by atoms with Crippen LogP contribution in [0.1, 0.15) is 66.9 Å². The van der Waals surface area contributed by atoms with Gasteiger partial charge in [0.2, 0.25) is 5.89 Å². The minimum Gasteiger partial charge on any atom is -0.339 e. The van der Waals surface area contributed by atoms with E-state index in [4.69, 9.17) is 9.51 Å². The molecular formula is C19H26N4O. The molecule has 5 nitrogen and oxygen atoms in total. The topological polar surface area (TPSA) is 54.2 Å². The number of benzene rings is 1. The maximum Gasteiger partial charge on any atom is 0.230 e. The monoisotopic (exact) mass is 326 g/mol. The zero-order chi connectivity index (χ0) is 16.7. The maximum atomic E-state index is 5.59. The van der Waals surface area contributed by atoms with Gasteiger partial charge >= 0.3 is 0 Å². The van der Waals surface area contributed by atoms with Gasteiger partial charge in [0.1, 0.15) is 0 Å². The molecule has 1 aliphatic carbocycles. The van der Waals surface area contributed by atoms with Gasteiger partial charge in [0.25, 0.3) is 0 Å². The summed E-state index contributed by atoms with van der Waals surface area (Å²) >= 11 is 0. The number of nitrogens with one attached hydrogen (secondary N) is 1. The Bertz CT molecular complexity index is 694. The summed E-state index contributed by atoms with van der Waals surface area (Å²) in [5.74, 6) is 3.12. The predicted octanol–water partition coefficient (Wildman–Crippen LogP) is 3.04. The van der Waals surface area contributed by atoms with E-state index < -0.39 is 0 Å². The SMILES string of the molecule is CC(C)c1ccc(C2CC2c2nc(C3CNCCN3C)no2)cc1. The van der Waals surface area contributed by atoms with Crippen molar-refractivity contribution in [1.29, 1.82) is 0 Å². The largest absolute Gasteiger partial charge is 0.339 e. The highest BCUT2D eigenvalue weighted by molar-refractivity contribution is 5.34. The standard InChI is InChI=1S/C19H26N4O/c1-12(2)13-4-6-14(7-5-13)15-10-16(15)19-21-18(22-24-19)17-11-20-8-9-23(17)3/h4-7,12,15-17,20H,8-11H2,1-3H3. The van der Waals surface area contributed by atoms with Crippen LogP contribution in [0.25, 0.3) is 0 Å². The van der Waals surface area contributed by atoms with Crippen LogP contribution in [0.4, 0.5) is 0 Å². The van der Waals surface area contributed by atoms with E-state index in [9.17, 15) is 0 Å². The third kappa shape index (κ3) is 2.98. The summed E-state index contributed by atoms with van der Waals surface area (Å²) in [4.78, 5) is 7.00. The molecule has 0 bridgehead atoms. The number of piperazine rings is 1. The van der Waals surface area contributed by atoms with Gasteiger partial charge in [-0.1, -0.05) is 43.3 Å². The van der Waals surface area contributed by atoms with Gasteiger partial charge in [0.05, 0.1) is 6.04 Å². The smallest absolute Gasteiger partial charge is 0.230 e. The molecule has 2 heterocycles. The summed E-state index contributed by atoms with van der Waals surface area (Å²) in [5, 5.41) is 7.65. The van der Waals surface area contributed by atoms with Crippen molar-refractivity contribution in [3.05, 3.63) is 47.1 Å². The lowest BCUT2D eigenvalue weighted by atomic mass is 10.00. The fourth-order valence-electron chi connectivity index (χ4n) is 3.59. The summed E-state index contributed by atoms with van der Waals surface area (Å²) in [5.41, 5.74) is 2.78. The van der Waals surface area contributed by atoms with Crippen molar-refractivity contribution < 1.29 is 4.52 Å². The Labute approximate surface area is 143 Å². The first-order chi connectivity index (χ1) is 11.6. The molecule has 2 aromatic rings. The number of nitrogens with zero attached hydrogens (tertiary/aromatic N) is 3. The van der Waals surface area contributed by atoms with Crippen molar-refractivity contribution in [3.63, 3.8) is 0 Å². The van der Waals surface area contributed by atoms with Gasteiger partial charge in [-0.3, -0.25) is 4.90 Å². The molecule has 1 aliphatic heterocycles. The lowest BCUT2D eigenvalue weighted by Gasteiger charge is -2.30. The zero-order valence-electron chi connectivity index (χ0n) is 14.7. The average molecular weight is 326 g/mol. The lowest BCUT2D eigenvalue weighted by molar-refractivity contribution is 0.190. The Morgan fingerprint density at radius 2 is 2.00 bits per heavy atom. The molecule has 2 fully saturated rings. The molecule has 1 N–H and O–H groups in total. The zero-order valence-corrected chi connectivity index (χ0v) is 14.7. The van der Waals surface area contributed by atoms with Crippen LogP contribution in [-0.2, 0) is 0 Å². The van der Waals surface area contributed by atoms with E-state index in [1.165, 1.54) is 11.1 Å². The number of hydrogen-bond acceptors (Lipinski definition) is 5. The molecule has 3 unspecified atom stereocenters. The van der Waals surface area contributed by atoms with Crippen molar-refractivity contribution in [1.82, 2.24) is 20.4 Å². The summed E-state index contributed by atoms with van der Waals surface area (Å²) < 4.78 is 5.59. The number of likely N-dealkylation sites (N-methyl/N-ethyl adjacent to an activating group) is 1. The minimum atomic E-state index is 0.221. The van der Waals surface area contributed by atoms with Crippen LogP contribution >= 0.6 is 0 Å². The fourth-order valence-corrected chi connectivity index (χ4v) is 3.59. The normalized spacial score (nSPS) is 27.6. The first-order valence-corrected chi connectivity index (χ1v) is 8.98. The molecule has 1 aromatic carbocycles. The van der Waals surface area contributed by atoms with E-state index >= 15 is 0 Å². The van der Waals surface area contributed by atoms with Crippen molar-refractivity contribution in [2.75, 3.05) is 26.7 Å². The molecular weight excluding hydrogens is 300 g/mol. The minimum absolute atomic E-state index is 0.221. The summed E-state index contributed by atoms with van der Waals surface area (Å²) in [6.45, 7) is 7.38. The predicted molar refractivity (Wildman–Crippen MR) is 93.2 cm³/mol. The molecule has 1 saturated carbocycles. The lowest BCUT2D eigenvalue weighted by Crippen LogP contribution is -2.44. The molecule has 0 spiro atoms. The van der Waals surface area contributed by atoms with Gasteiger partial charge in [0.15, 0.2) is 5.82 Å². The first kappa shape index (κ1) is 15.8. The van der Waals surface area contributed by atoms with Gasteiger partial charge in [-0.05, 0) is 36.4 Å². The average Bonchev–Trinajstić information content (AvgIpc) is 3.25. The number of aromatic nitrogens is 2. The number of rotatable bonds is 4. The molecule has 0 amide bonds. The highest BCUT2D eigenvalue weighted by atomic mass is 16.5. The summed E-state index contributed by atoms with van der Waals surface area (Å²) in [6, 6.07) is 9.24. The van der Waals surface area contributed by atoms with Crippen LogP contribution in [0.5, 0.6) is 0 Å². The fraction of sp³-hybridized carbons (Fsp3) is 0.579. The van der Waals surface area contributed by atoms with Crippen molar-refractivity contribution in [2.45, 2.75) is 44.1 Å². The highest BCUT2D eigenvalue weighted by Gasteiger charge is 2.44. The van der Waals surface area contributed by atoms with Crippen LogP contribution in [0.15, 0.2) is 28.8 Å². The van der Waals surface area contributed by atoms with Gasteiger partial charge in [-0.25, -0.2) is 0 Å². The highest BCUT2D eigenvalue weighted by Crippen LogP contribution is 2.54. The van der Waals surface area contributed by atoms with E-state index in [0.29, 0.717) is 17.8 Å². The van der Waals surface area contributed by atoms with Crippen LogP contribution in [-0.4, -0.2) is 41.7 Å². The Morgan fingerprint density at radius 3 is 2.71 bits per heavy atom. The van der Waals surface area contributed by atoms with E-state index in [-0.39, 0.29) is 6.04 Å². The molecule has 2 aliphatic rings. The second-order valence-electron chi connectivity index (χ2n) is 7.46. The second-order valence-corrected chi connectivity index (χ2v) is 7.46. The van der Waals surface area contributed by atoms with E-state index in [2.05, 4.69) is 60.5 Å². The van der Waals surface area contributed by atoms with E-state index in [1.807, 2.05) is 0 Å². The molecule has 4 rings (SSSR count). The van der Waals surface area contributed by atoms with Gasteiger partial charge in [-0.2, -0.15) is 4.98 Å². The summed E-state index contributed by atoms with van der Waals surface area (Å²) in [7, 11) is 2.12. The van der Waals surface area contributed by atoms with Crippen molar-refractivity contribution >= 4 is 0 Å².